The molecule has 2 aliphatic heterocycles. The average molecular weight is 853 g/mol. The van der Waals surface area contributed by atoms with Crippen LogP contribution in [0.25, 0.3) is 44.8 Å². The zero-order valence-electron chi connectivity index (χ0n) is 36.5. The summed E-state index contributed by atoms with van der Waals surface area (Å²) in [4.78, 5) is 70.1. The highest BCUT2D eigenvalue weighted by molar-refractivity contribution is 5.87. The van der Waals surface area contributed by atoms with Crippen molar-refractivity contribution in [1.29, 1.82) is 0 Å². The number of nitrogens with zero attached hydrogens (tertiary/aromatic N) is 4. The fourth-order valence-corrected chi connectivity index (χ4v) is 10.5. The van der Waals surface area contributed by atoms with Crippen LogP contribution in [0.3, 0.4) is 0 Å². The van der Waals surface area contributed by atoms with E-state index in [0.29, 0.717) is 18.5 Å². The molecule has 4 atom stereocenters. The number of benzene rings is 3. The molecule has 4 amide bonds. The smallest absolute Gasteiger partial charge is 0.407 e. The lowest BCUT2D eigenvalue weighted by Gasteiger charge is -2.26. The van der Waals surface area contributed by atoms with Gasteiger partial charge >= 0.3 is 12.2 Å². The van der Waals surface area contributed by atoms with Gasteiger partial charge in [-0.05, 0) is 121 Å². The molecule has 2 aliphatic carbocycles. The minimum absolute atomic E-state index is 0.160. The summed E-state index contributed by atoms with van der Waals surface area (Å²) in [6, 6.07) is 20.3. The molecule has 1 spiro atoms. The predicted octanol–water partition coefficient (Wildman–Crippen LogP) is 8.28. The number of hydrogen-bond acceptors (Lipinski definition) is 8. The first-order valence-electron chi connectivity index (χ1n) is 22.3. The second kappa shape index (κ2) is 17.4. The van der Waals surface area contributed by atoms with E-state index < -0.39 is 24.3 Å². The molecule has 5 aromatic rings. The number of methoxy groups -OCH3 is 2. The van der Waals surface area contributed by atoms with Crippen LogP contribution in [-0.4, -0.2) is 93.1 Å². The SMILES string of the molecule is COC(=O)N[C@@H](C)C(=O)N1CCC[C@H]1c1ncc(-c2ccc(-c3cc4c(c(-c5ccc(-c6cnc([C@@H]7CCCN7C(=O)[C@H](C)NC(=O)OC)[nH]6)cc5)c3)CC3(CCCC3)C4)cc2)[nH]1. The molecular formula is C49H56N8O6. The Labute approximate surface area is 367 Å². The Morgan fingerprint density at radius 1 is 0.651 bits per heavy atom. The van der Waals surface area contributed by atoms with Crippen LogP contribution in [0.4, 0.5) is 9.59 Å². The fraction of sp³-hybridized carbons (Fsp3) is 0.429. The molecule has 2 aromatic heterocycles. The van der Waals surface area contributed by atoms with Crippen molar-refractivity contribution in [3.05, 3.63) is 95.8 Å². The molecule has 0 bridgehead atoms. The number of alkyl carbamates (subject to hydrolysis) is 2. The molecule has 328 valence electrons. The van der Waals surface area contributed by atoms with Gasteiger partial charge in [0, 0.05) is 13.1 Å². The maximum absolute atomic E-state index is 13.3. The molecule has 63 heavy (non-hydrogen) atoms. The van der Waals surface area contributed by atoms with E-state index >= 15 is 0 Å². The number of hydrogen-bond donors (Lipinski definition) is 4. The molecule has 14 heteroatoms. The first-order valence-corrected chi connectivity index (χ1v) is 22.3. The molecule has 9 rings (SSSR count). The highest BCUT2D eigenvalue weighted by Crippen LogP contribution is 2.52. The lowest BCUT2D eigenvalue weighted by molar-refractivity contribution is -0.134. The zero-order valence-corrected chi connectivity index (χ0v) is 36.5. The number of ether oxygens (including phenoxy) is 2. The summed E-state index contributed by atoms with van der Waals surface area (Å²) in [5.74, 6) is 1.16. The van der Waals surface area contributed by atoms with Crippen LogP contribution in [0, 0.1) is 5.41 Å². The van der Waals surface area contributed by atoms with Gasteiger partial charge in [-0.1, -0.05) is 67.4 Å². The van der Waals surface area contributed by atoms with Crippen LogP contribution in [0.1, 0.15) is 100 Å². The van der Waals surface area contributed by atoms with Gasteiger partial charge in [-0.3, -0.25) is 9.59 Å². The largest absolute Gasteiger partial charge is 0.453 e. The van der Waals surface area contributed by atoms with E-state index in [-0.39, 0.29) is 23.9 Å². The summed E-state index contributed by atoms with van der Waals surface area (Å²) in [7, 11) is 2.57. The van der Waals surface area contributed by atoms with E-state index in [1.54, 1.807) is 23.6 Å². The van der Waals surface area contributed by atoms with E-state index in [0.717, 1.165) is 78.3 Å². The summed E-state index contributed by atoms with van der Waals surface area (Å²) in [6.07, 6.45) is 13.1. The number of carbonyl (C=O) groups is 4. The third-order valence-corrected chi connectivity index (χ3v) is 13.8. The van der Waals surface area contributed by atoms with Crippen LogP contribution in [-0.2, 0) is 31.9 Å². The second-order valence-corrected chi connectivity index (χ2v) is 17.8. The van der Waals surface area contributed by atoms with Crippen LogP contribution in [0.2, 0.25) is 0 Å². The van der Waals surface area contributed by atoms with Crippen molar-refractivity contribution in [2.45, 2.75) is 102 Å². The van der Waals surface area contributed by atoms with Crippen molar-refractivity contribution in [2.75, 3.05) is 27.3 Å². The van der Waals surface area contributed by atoms with Crippen molar-refractivity contribution in [1.82, 2.24) is 40.4 Å². The molecule has 4 heterocycles. The maximum atomic E-state index is 13.3. The van der Waals surface area contributed by atoms with Gasteiger partial charge in [-0.25, -0.2) is 19.6 Å². The number of likely N-dealkylation sites (tertiary alicyclic amines) is 2. The molecule has 0 unspecified atom stereocenters. The first kappa shape index (κ1) is 41.9. The Kier molecular flexibility index (Phi) is 11.6. The molecular weight excluding hydrogens is 797 g/mol. The lowest BCUT2D eigenvalue weighted by Crippen LogP contribution is -2.46. The summed E-state index contributed by atoms with van der Waals surface area (Å²) < 4.78 is 9.39. The van der Waals surface area contributed by atoms with E-state index in [2.05, 4.69) is 81.3 Å². The number of rotatable bonds is 10. The first-order chi connectivity index (χ1) is 30.5. The Morgan fingerprint density at radius 3 is 1.62 bits per heavy atom. The van der Waals surface area contributed by atoms with Crippen LogP contribution >= 0.6 is 0 Å². The van der Waals surface area contributed by atoms with Crippen molar-refractivity contribution in [3.63, 3.8) is 0 Å². The van der Waals surface area contributed by atoms with Crippen LogP contribution in [0.5, 0.6) is 0 Å². The number of fused-ring (bicyclic) bond motifs is 1. The highest BCUT2D eigenvalue weighted by Gasteiger charge is 2.41. The summed E-state index contributed by atoms with van der Waals surface area (Å²) in [6.45, 7) is 4.55. The monoisotopic (exact) mass is 852 g/mol. The summed E-state index contributed by atoms with van der Waals surface area (Å²) in [5, 5.41) is 5.18. The minimum Gasteiger partial charge on any atom is -0.453 e. The van der Waals surface area contributed by atoms with Gasteiger partial charge in [-0.2, -0.15) is 0 Å². The standard InChI is InChI=1S/C49H56N8O6/c1-29(52-47(60)62-3)45(58)56-21-7-9-41(56)43-50-27-39(54-43)33-15-11-31(12-16-33)35-23-36-25-49(19-5-6-20-49)26-38(36)37(24-35)32-13-17-34(18-14-32)40-28-51-44(55-40)42-10-8-22-57(42)46(59)30(2)53-48(61)63-4/h11-18,23-24,27-30,41-42H,5-10,19-22,25-26H2,1-4H3,(H,50,54)(H,51,55)(H,52,60)(H,53,61)/t29-,30-,41-,42-/m0/s1. The van der Waals surface area contributed by atoms with Crippen molar-refractivity contribution >= 4 is 24.0 Å². The molecule has 1 saturated carbocycles. The molecule has 3 fully saturated rings. The average Bonchev–Trinajstić information content (AvgIpc) is 4.17. The van der Waals surface area contributed by atoms with Crippen LogP contribution in [0.15, 0.2) is 73.1 Å². The molecule has 0 radical (unpaired) electrons. The van der Waals surface area contributed by atoms with Crippen LogP contribution < -0.4 is 10.6 Å². The highest BCUT2D eigenvalue weighted by atomic mass is 16.5. The van der Waals surface area contributed by atoms with E-state index in [9.17, 15) is 19.2 Å². The van der Waals surface area contributed by atoms with E-state index in [1.807, 2.05) is 12.4 Å². The summed E-state index contributed by atoms with van der Waals surface area (Å²) >= 11 is 0. The van der Waals surface area contributed by atoms with Crippen molar-refractivity contribution in [3.8, 4) is 44.8 Å². The second-order valence-electron chi connectivity index (χ2n) is 17.8. The number of H-pyrrole nitrogens is 2. The predicted molar refractivity (Wildman–Crippen MR) is 238 cm³/mol. The number of imidazole rings is 2. The Hall–Kier alpha value is -6.44. The van der Waals surface area contributed by atoms with Gasteiger partial charge in [-0.15, -0.1) is 0 Å². The van der Waals surface area contributed by atoms with Gasteiger partial charge < -0.3 is 39.9 Å². The quantitative estimate of drug-likeness (QED) is 0.109. The molecule has 4 N–H and O–H groups in total. The van der Waals surface area contributed by atoms with Gasteiger partial charge in [0.05, 0.1) is 50.1 Å². The number of amides is 4. The van der Waals surface area contributed by atoms with Gasteiger partial charge in [0.1, 0.15) is 23.7 Å². The van der Waals surface area contributed by atoms with Crippen molar-refractivity contribution in [2.24, 2.45) is 5.41 Å². The normalized spacial score (nSPS) is 19.8. The topological polar surface area (TPSA) is 175 Å². The number of carbonyl (C=O) groups excluding carboxylic acids is 4. The third-order valence-electron chi connectivity index (χ3n) is 13.8. The van der Waals surface area contributed by atoms with Crippen molar-refractivity contribution < 1.29 is 28.7 Å². The Bertz CT molecular complexity index is 2500. The zero-order chi connectivity index (χ0) is 43.8. The van der Waals surface area contributed by atoms with Gasteiger partial charge in [0.25, 0.3) is 0 Å². The molecule has 4 aliphatic rings. The lowest BCUT2D eigenvalue weighted by atomic mass is 9.83. The molecule has 3 aromatic carbocycles. The number of nitrogens with one attached hydrogen (secondary N) is 4. The fourth-order valence-electron chi connectivity index (χ4n) is 10.5. The minimum atomic E-state index is -0.706. The van der Waals surface area contributed by atoms with E-state index in [1.165, 1.54) is 67.7 Å². The van der Waals surface area contributed by atoms with Gasteiger partial charge in [0.15, 0.2) is 0 Å². The number of aromatic amines is 2. The summed E-state index contributed by atoms with van der Waals surface area (Å²) in [5.41, 5.74) is 11.9. The maximum Gasteiger partial charge on any atom is 0.407 e. The Morgan fingerprint density at radius 2 is 1.13 bits per heavy atom. The molecule has 2 saturated heterocycles. The number of aromatic nitrogens is 4. The third kappa shape index (κ3) is 8.30. The molecule has 14 nitrogen and oxygen atoms in total. The van der Waals surface area contributed by atoms with Gasteiger partial charge in [0.2, 0.25) is 11.8 Å². The van der Waals surface area contributed by atoms with E-state index in [4.69, 9.17) is 19.4 Å². The Balaban J connectivity index is 0.940.